The Morgan fingerprint density at radius 2 is 2.15 bits per heavy atom. The van der Waals surface area contributed by atoms with E-state index < -0.39 is 16.0 Å². The molecule has 0 amide bonds. The summed E-state index contributed by atoms with van der Waals surface area (Å²) < 4.78 is 30.9. The van der Waals surface area contributed by atoms with Gasteiger partial charge in [-0.1, -0.05) is 0 Å². The Morgan fingerprint density at radius 1 is 1.50 bits per heavy atom. The van der Waals surface area contributed by atoms with Crippen molar-refractivity contribution in [2.75, 3.05) is 11.4 Å². The van der Waals surface area contributed by atoms with Gasteiger partial charge in [-0.05, 0) is 24.5 Å². The highest BCUT2D eigenvalue weighted by Crippen LogP contribution is 2.31. The Bertz CT molecular complexity index is 762. The molecule has 8 nitrogen and oxygen atoms in total. The van der Waals surface area contributed by atoms with Gasteiger partial charge in [0.15, 0.2) is 5.03 Å². The lowest BCUT2D eigenvalue weighted by atomic mass is 10.2. The molecule has 0 saturated carbocycles. The molecule has 0 aliphatic carbocycles. The average molecular weight is 316 g/mol. The van der Waals surface area contributed by atoms with Crippen LogP contribution in [0.2, 0.25) is 0 Å². The molecule has 0 aliphatic rings. The number of carboxylic acid groups (broad SMARTS) is 1. The van der Waals surface area contributed by atoms with E-state index in [-0.39, 0.29) is 21.3 Å². The molecule has 2 aromatic heterocycles. The summed E-state index contributed by atoms with van der Waals surface area (Å²) in [6.45, 7) is 1.52. The van der Waals surface area contributed by atoms with E-state index in [1.807, 2.05) is 0 Å². The second-order valence-corrected chi connectivity index (χ2v) is 6.69. The van der Waals surface area contributed by atoms with Gasteiger partial charge in [0.1, 0.15) is 10.6 Å². The fourth-order valence-electron chi connectivity index (χ4n) is 1.68. The van der Waals surface area contributed by atoms with Gasteiger partial charge < -0.3 is 5.11 Å². The van der Waals surface area contributed by atoms with Crippen molar-refractivity contribution in [2.45, 2.75) is 11.9 Å². The third-order valence-corrected chi connectivity index (χ3v) is 5.71. The zero-order valence-electron chi connectivity index (χ0n) is 10.9. The van der Waals surface area contributed by atoms with E-state index in [4.69, 9.17) is 5.11 Å². The summed E-state index contributed by atoms with van der Waals surface area (Å²) in [7, 11) is -1.09. The molecule has 0 unspecified atom stereocenters. The lowest BCUT2D eigenvalue weighted by Gasteiger charge is -2.17. The van der Waals surface area contributed by atoms with Gasteiger partial charge >= 0.3 is 5.97 Å². The van der Waals surface area contributed by atoms with Crippen LogP contribution in [-0.2, 0) is 17.1 Å². The largest absolute Gasteiger partial charge is 0.478 e. The van der Waals surface area contributed by atoms with Crippen LogP contribution in [-0.4, -0.2) is 40.7 Å². The Morgan fingerprint density at radius 3 is 2.65 bits per heavy atom. The number of carbonyl (C=O) groups is 1. The summed E-state index contributed by atoms with van der Waals surface area (Å²) >= 11 is 0.829. The maximum absolute atomic E-state index is 12.4. The molecule has 0 saturated heterocycles. The molecule has 0 aromatic carbocycles. The quantitative estimate of drug-likeness (QED) is 0.890. The first-order chi connectivity index (χ1) is 9.26. The molecular weight excluding hydrogens is 304 g/mol. The highest BCUT2D eigenvalue weighted by Gasteiger charge is 2.30. The molecule has 2 aromatic rings. The van der Waals surface area contributed by atoms with Crippen LogP contribution in [0.25, 0.3) is 0 Å². The summed E-state index contributed by atoms with van der Waals surface area (Å²) in [5, 5.41) is 13.0. The first kappa shape index (κ1) is 14.5. The zero-order chi connectivity index (χ0) is 15.1. The van der Waals surface area contributed by atoms with Crippen LogP contribution >= 0.6 is 11.5 Å². The summed E-state index contributed by atoms with van der Waals surface area (Å²) in [5.74, 6) is -1.21. The van der Waals surface area contributed by atoms with Crippen LogP contribution in [0.5, 0.6) is 0 Å². The second-order valence-electron chi connectivity index (χ2n) is 4.02. The minimum atomic E-state index is -3.88. The summed E-state index contributed by atoms with van der Waals surface area (Å²) in [4.78, 5) is 11.2. The highest BCUT2D eigenvalue weighted by atomic mass is 32.2. The number of anilines is 1. The Hall–Kier alpha value is -1.94. The van der Waals surface area contributed by atoms with Crippen molar-refractivity contribution >= 4 is 32.5 Å². The van der Waals surface area contributed by atoms with Gasteiger partial charge in [-0.3, -0.25) is 8.99 Å². The SMILES string of the molecule is Cc1nsc(N(C)S(=O)(=O)c2ccnn2C)c1C(=O)O. The van der Waals surface area contributed by atoms with Crippen LogP contribution in [0.1, 0.15) is 16.1 Å². The van der Waals surface area contributed by atoms with Crippen molar-refractivity contribution in [1.82, 2.24) is 14.2 Å². The van der Waals surface area contributed by atoms with Gasteiger partial charge in [0.2, 0.25) is 0 Å². The lowest BCUT2D eigenvalue weighted by Crippen LogP contribution is -2.29. The van der Waals surface area contributed by atoms with Crippen LogP contribution in [0.3, 0.4) is 0 Å². The van der Waals surface area contributed by atoms with E-state index >= 15 is 0 Å². The molecule has 0 radical (unpaired) electrons. The van der Waals surface area contributed by atoms with Crippen molar-refractivity contribution in [2.24, 2.45) is 7.05 Å². The second kappa shape index (κ2) is 4.87. The van der Waals surface area contributed by atoms with E-state index in [0.717, 1.165) is 15.8 Å². The molecular formula is C10H12N4O4S2. The van der Waals surface area contributed by atoms with E-state index in [1.54, 1.807) is 0 Å². The van der Waals surface area contributed by atoms with Gasteiger partial charge in [0, 0.05) is 14.1 Å². The molecule has 0 atom stereocenters. The van der Waals surface area contributed by atoms with E-state index in [9.17, 15) is 13.2 Å². The predicted molar refractivity (Wildman–Crippen MR) is 72.6 cm³/mol. The minimum absolute atomic E-state index is 0.0256. The molecule has 2 rings (SSSR count). The third-order valence-electron chi connectivity index (χ3n) is 2.75. The Balaban J connectivity index is 2.55. The molecule has 0 aliphatic heterocycles. The van der Waals surface area contributed by atoms with Crippen molar-refractivity contribution in [3.05, 3.63) is 23.5 Å². The maximum Gasteiger partial charge on any atom is 0.340 e. The maximum atomic E-state index is 12.4. The lowest BCUT2D eigenvalue weighted by molar-refractivity contribution is 0.0697. The van der Waals surface area contributed by atoms with Gasteiger partial charge in [-0.2, -0.15) is 17.9 Å². The molecule has 1 N–H and O–H groups in total. The first-order valence-corrected chi connectivity index (χ1v) is 7.64. The summed E-state index contributed by atoms with van der Waals surface area (Å²) in [6.07, 6.45) is 1.36. The fraction of sp³-hybridized carbons (Fsp3) is 0.300. The van der Waals surface area contributed by atoms with Gasteiger partial charge in [0.05, 0.1) is 11.9 Å². The van der Waals surface area contributed by atoms with Crippen molar-refractivity contribution in [3.63, 3.8) is 0 Å². The van der Waals surface area contributed by atoms with E-state index in [1.165, 1.54) is 38.0 Å². The number of nitrogens with zero attached hydrogens (tertiary/aromatic N) is 4. The predicted octanol–water partition coefficient (Wildman–Crippen LogP) is 0.708. The molecule has 108 valence electrons. The normalized spacial score (nSPS) is 11.6. The van der Waals surface area contributed by atoms with Crippen molar-refractivity contribution in [3.8, 4) is 0 Å². The summed E-state index contributed by atoms with van der Waals surface area (Å²) in [5.41, 5.74) is 0.174. The Kier molecular flexibility index (Phi) is 3.52. The highest BCUT2D eigenvalue weighted by molar-refractivity contribution is 7.92. The number of carboxylic acids is 1. The Labute approximate surface area is 119 Å². The van der Waals surface area contributed by atoms with Gasteiger partial charge in [0.25, 0.3) is 10.0 Å². The van der Waals surface area contributed by atoms with Gasteiger partial charge in [-0.15, -0.1) is 0 Å². The topological polar surface area (TPSA) is 105 Å². The fourth-order valence-corrected chi connectivity index (χ4v) is 4.04. The number of aryl methyl sites for hydroxylation is 2. The third kappa shape index (κ3) is 2.16. The smallest absolute Gasteiger partial charge is 0.340 e. The standard InChI is InChI=1S/C10H12N4O4S2/c1-6-8(10(15)16)9(19-12-6)14(3)20(17,18)7-4-5-11-13(7)2/h4-5H,1-3H3,(H,15,16). The molecule has 20 heavy (non-hydrogen) atoms. The van der Waals surface area contributed by atoms with Crippen molar-refractivity contribution in [1.29, 1.82) is 0 Å². The molecule has 10 heteroatoms. The number of aromatic carboxylic acids is 1. The zero-order valence-corrected chi connectivity index (χ0v) is 12.6. The molecule has 2 heterocycles. The van der Waals surface area contributed by atoms with Crippen molar-refractivity contribution < 1.29 is 18.3 Å². The minimum Gasteiger partial charge on any atom is -0.478 e. The number of rotatable bonds is 4. The summed E-state index contributed by atoms with van der Waals surface area (Å²) in [6, 6.07) is 1.35. The van der Waals surface area contributed by atoms with E-state index in [2.05, 4.69) is 9.47 Å². The van der Waals surface area contributed by atoms with Crippen LogP contribution in [0.4, 0.5) is 5.00 Å². The number of hydrogen-bond donors (Lipinski definition) is 1. The van der Waals surface area contributed by atoms with Crippen LogP contribution in [0, 0.1) is 6.92 Å². The molecule has 0 bridgehead atoms. The van der Waals surface area contributed by atoms with Crippen LogP contribution in [0.15, 0.2) is 17.3 Å². The van der Waals surface area contributed by atoms with Gasteiger partial charge in [-0.25, -0.2) is 4.79 Å². The number of sulfonamides is 1. The molecule has 0 spiro atoms. The molecule has 0 fully saturated rings. The number of hydrogen-bond acceptors (Lipinski definition) is 6. The number of aromatic nitrogens is 3. The monoisotopic (exact) mass is 316 g/mol. The van der Waals surface area contributed by atoms with Crippen LogP contribution < -0.4 is 4.31 Å². The average Bonchev–Trinajstić information content (AvgIpc) is 2.94. The van der Waals surface area contributed by atoms with E-state index in [0.29, 0.717) is 0 Å². The first-order valence-electron chi connectivity index (χ1n) is 5.43.